The molecule has 2 heterocycles. The van der Waals surface area contributed by atoms with Crippen molar-refractivity contribution in [2.24, 2.45) is 5.92 Å². The van der Waals surface area contributed by atoms with E-state index in [1.165, 1.54) is 0 Å². The molecule has 0 bridgehead atoms. The number of benzene rings is 1. The van der Waals surface area contributed by atoms with Crippen molar-refractivity contribution in [3.05, 3.63) is 71.8 Å². The molecule has 0 unspecified atom stereocenters. The molecule has 3 aromatic rings. The number of hydrogen-bond acceptors (Lipinski definition) is 5. The molecule has 1 aliphatic carbocycles. The van der Waals surface area contributed by atoms with E-state index in [2.05, 4.69) is 10.3 Å². The summed E-state index contributed by atoms with van der Waals surface area (Å²) in [7, 11) is 0. The van der Waals surface area contributed by atoms with Crippen molar-refractivity contribution in [3.8, 4) is 22.6 Å². The van der Waals surface area contributed by atoms with Crippen molar-refractivity contribution in [3.63, 3.8) is 0 Å². The van der Waals surface area contributed by atoms with Crippen LogP contribution >= 0.6 is 11.6 Å². The standard InChI is InChI=1S/C28H32ClN3O3/c1-3-34-24-8-10-25(11-9-24)35-19(2)28(33)32-17-20-4-6-22(7-5-20)27-26(16-23(29)18-31-27)21-12-14-30-15-13-21/h8-16,18-20,22H,3-7,17H2,1-2H3,(H,32,33)/t19-,20?,22?/m1/s1. The van der Waals surface area contributed by atoms with Gasteiger partial charge in [-0.2, -0.15) is 0 Å². The van der Waals surface area contributed by atoms with E-state index in [1.807, 2.05) is 49.4 Å². The fraction of sp³-hybridized carbons (Fsp3) is 0.393. The Kier molecular flexibility index (Phi) is 8.59. The van der Waals surface area contributed by atoms with E-state index in [9.17, 15) is 4.79 Å². The van der Waals surface area contributed by atoms with Crippen molar-refractivity contribution in [1.82, 2.24) is 15.3 Å². The molecule has 0 radical (unpaired) electrons. The summed E-state index contributed by atoms with van der Waals surface area (Å²) in [6.07, 6.45) is 8.90. The van der Waals surface area contributed by atoms with E-state index < -0.39 is 6.10 Å². The minimum Gasteiger partial charge on any atom is -0.494 e. The van der Waals surface area contributed by atoms with Crippen molar-refractivity contribution < 1.29 is 14.3 Å². The van der Waals surface area contributed by atoms with Gasteiger partial charge in [-0.1, -0.05) is 11.6 Å². The molecule has 0 spiro atoms. The third kappa shape index (κ3) is 6.73. The molecular formula is C28H32ClN3O3. The highest BCUT2D eigenvalue weighted by Crippen LogP contribution is 2.39. The molecule has 2 aromatic heterocycles. The Morgan fingerprint density at radius 2 is 1.77 bits per heavy atom. The zero-order valence-corrected chi connectivity index (χ0v) is 21.0. The number of aromatic nitrogens is 2. The van der Waals surface area contributed by atoms with Gasteiger partial charge in [-0.25, -0.2) is 0 Å². The highest BCUT2D eigenvalue weighted by Gasteiger charge is 2.26. The largest absolute Gasteiger partial charge is 0.494 e. The summed E-state index contributed by atoms with van der Waals surface area (Å²) in [5.41, 5.74) is 3.26. The number of nitrogens with zero attached hydrogens (tertiary/aromatic N) is 2. The number of amides is 1. The first kappa shape index (κ1) is 25.0. The van der Waals surface area contributed by atoms with Gasteiger partial charge < -0.3 is 14.8 Å². The summed E-state index contributed by atoms with van der Waals surface area (Å²) in [4.78, 5) is 21.4. The molecule has 7 heteroatoms. The van der Waals surface area contributed by atoms with Crippen LogP contribution in [0.2, 0.25) is 5.02 Å². The Labute approximate surface area is 212 Å². The first-order chi connectivity index (χ1) is 17.0. The maximum atomic E-state index is 12.6. The molecule has 1 N–H and O–H groups in total. The fourth-order valence-electron chi connectivity index (χ4n) is 4.61. The monoisotopic (exact) mass is 493 g/mol. The van der Waals surface area contributed by atoms with Crippen LogP contribution in [0.25, 0.3) is 11.1 Å². The van der Waals surface area contributed by atoms with Gasteiger partial charge in [0.25, 0.3) is 5.91 Å². The molecule has 4 rings (SSSR count). The lowest BCUT2D eigenvalue weighted by atomic mass is 9.78. The zero-order chi connectivity index (χ0) is 24.6. The quantitative estimate of drug-likeness (QED) is 0.392. The first-order valence-corrected chi connectivity index (χ1v) is 12.6. The molecule has 1 atom stereocenters. The molecule has 0 aliphatic heterocycles. The van der Waals surface area contributed by atoms with Crippen LogP contribution in [-0.4, -0.2) is 35.1 Å². The maximum absolute atomic E-state index is 12.6. The van der Waals surface area contributed by atoms with Gasteiger partial charge in [0.05, 0.1) is 17.3 Å². The van der Waals surface area contributed by atoms with E-state index >= 15 is 0 Å². The smallest absolute Gasteiger partial charge is 0.260 e. The second kappa shape index (κ2) is 12.0. The number of rotatable bonds is 9. The van der Waals surface area contributed by atoms with Crippen molar-refractivity contribution >= 4 is 17.5 Å². The van der Waals surface area contributed by atoms with Gasteiger partial charge in [0.15, 0.2) is 6.10 Å². The van der Waals surface area contributed by atoms with E-state index in [-0.39, 0.29) is 5.91 Å². The number of carbonyl (C=O) groups is 1. The molecule has 1 saturated carbocycles. The van der Waals surface area contributed by atoms with Crippen LogP contribution in [0.1, 0.15) is 51.1 Å². The SMILES string of the molecule is CCOc1ccc(O[C@H](C)C(=O)NCC2CCC(c3ncc(Cl)cc3-c3ccncc3)CC2)cc1. The molecule has 1 aromatic carbocycles. The van der Waals surface area contributed by atoms with Gasteiger partial charge in [0.1, 0.15) is 11.5 Å². The first-order valence-electron chi connectivity index (χ1n) is 12.3. The topological polar surface area (TPSA) is 73.3 Å². The molecule has 6 nitrogen and oxygen atoms in total. The summed E-state index contributed by atoms with van der Waals surface area (Å²) in [6.45, 7) is 4.99. The summed E-state index contributed by atoms with van der Waals surface area (Å²) >= 11 is 6.26. The van der Waals surface area contributed by atoms with Crippen molar-refractivity contribution in [2.75, 3.05) is 13.2 Å². The number of ether oxygens (including phenoxy) is 2. The Morgan fingerprint density at radius 1 is 1.09 bits per heavy atom. The Bertz CT molecular complexity index is 1100. The normalized spacial score (nSPS) is 18.5. The van der Waals surface area contributed by atoms with Crippen LogP contribution in [-0.2, 0) is 4.79 Å². The highest BCUT2D eigenvalue weighted by atomic mass is 35.5. The molecule has 1 amide bonds. The minimum atomic E-state index is -0.564. The number of pyridine rings is 2. The lowest BCUT2D eigenvalue weighted by Gasteiger charge is -2.29. The Balaban J connectivity index is 1.27. The van der Waals surface area contributed by atoms with E-state index in [4.69, 9.17) is 26.1 Å². The summed E-state index contributed by atoms with van der Waals surface area (Å²) in [6, 6.07) is 13.3. The van der Waals surface area contributed by atoms with Crippen molar-refractivity contribution in [1.29, 1.82) is 0 Å². The van der Waals surface area contributed by atoms with E-state index in [0.717, 1.165) is 48.3 Å². The molecule has 1 aliphatic rings. The summed E-state index contributed by atoms with van der Waals surface area (Å²) in [5.74, 6) is 2.17. The minimum absolute atomic E-state index is 0.0969. The van der Waals surface area contributed by atoms with Crippen LogP contribution in [0, 0.1) is 5.92 Å². The molecular weight excluding hydrogens is 462 g/mol. The van der Waals surface area contributed by atoms with E-state index in [1.54, 1.807) is 25.5 Å². The average Bonchev–Trinajstić information content (AvgIpc) is 2.89. The number of carbonyl (C=O) groups excluding carboxylic acids is 1. The zero-order valence-electron chi connectivity index (χ0n) is 20.2. The predicted molar refractivity (Wildman–Crippen MR) is 138 cm³/mol. The average molecular weight is 494 g/mol. The van der Waals surface area contributed by atoms with Gasteiger partial charge >= 0.3 is 0 Å². The van der Waals surface area contributed by atoms with Crippen LogP contribution in [0.3, 0.4) is 0 Å². The van der Waals surface area contributed by atoms with Crippen LogP contribution in [0.15, 0.2) is 61.1 Å². The predicted octanol–water partition coefficient (Wildman–Crippen LogP) is 6.05. The van der Waals surface area contributed by atoms with Crippen molar-refractivity contribution in [2.45, 2.75) is 51.6 Å². The second-order valence-electron chi connectivity index (χ2n) is 8.95. The Hall–Kier alpha value is -3.12. The highest BCUT2D eigenvalue weighted by molar-refractivity contribution is 6.30. The van der Waals surface area contributed by atoms with Crippen LogP contribution in [0.5, 0.6) is 11.5 Å². The number of nitrogens with one attached hydrogen (secondary N) is 1. The summed E-state index contributed by atoms with van der Waals surface area (Å²) in [5, 5.41) is 3.71. The van der Waals surface area contributed by atoms with Gasteiger partial charge in [-0.15, -0.1) is 0 Å². The molecule has 1 fully saturated rings. The van der Waals surface area contributed by atoms with Gasteiger partial charge in [0, 0.05) is 36.6 Å². The Morgan fingerprint density at radius 3 is 2.46 bits per heavy atom. The van der Waals surface area contributed by atoms with Crippen LogP contribution < -0.4 is 14.8 Å². The lowest BCUT2D eigenvalue weighted by Crippen LogP contribution is -2.39. The van der Waals surface area contributed by atoms with Gasteiger partial charge in [-0.05, 0) is 93.5 Å². The van der Waals surface area contributed by atoms with Gasteiger partial charge in [0.2, 0.25) is 0 Å². The lowest BCUT2D eigenvalue weighted by molar-refractivity contribution is -0.127. The fourth-order valence-corrected chi connectivity index (χ4v) is 4.76. The third-order valence-electron chi connectivity index (χ3n) is 6.49. The van der Waals surface area contributed by atoms with Crippen LogP contribution in [0.4, 0.5) is 0 Å². The molecule has 184 valence electrons. The summed E-state index contributed by atoms with van der Waals surface area (Å²) < 4.78 is 11.2. The second-order valence-corrected chi connectivity index (χ2v) is 9.39. The third-order valence-corrected chi connectivity index (χ3v) is 6.70. The van der Waals surface area contributed by atoms with E-state index in [0.29, 0.717) is 35.8 Å². The molecule has 0 saturated heterocycles. The maximum Gasteiger partial charge on any atom is 0.260 e. The van der Waals surface area contributed by atoms with Gasteiger partial charge in [-0.3, -0.25) is 14.8 Å². The molecule has 35 heavy (non-hydrogen) atoms. The number of hydrogen-bond donors (Lipinski definition) is 1. The number of halogens is 1.